The Bertz CT molecular complexity index is 1360. The Morgan fingerprint density at radius 1 is 1.09 bits per heavy atom. The van der Waals surface area contributed by atoms with Crippen molar-refractivity contribution in [2.45, 2.75) is 52.2 Å². The Hall–Kier alpha value is -3.94. The molecule has 1 atom stereocenters. The van der Waals surface area contributed by atoms with Gasteiger partial charge in [0.1, 0.15) is 11.4 Å². The van der Waals surface area contributed by atoms with E-state index in [-0.39, 0.29) is 11.6 Å². The van der Waals surface area contributed by atoms with Crippen LogP contribution >= 0.6 is 0 Å². The molecule has 0 saturated carbocycles. The van der Waals surface area contributed by atoms with Gasteiger partial charge < -0.3 is 10.5 Å². The number of ether oxygens (including phenoxy) is 1. The minimum Gasteiger partial charge on any atom is -0.480 e. The summed E-state index contributed by atoms with van der Waals surface area (Å²) in [5, 5.41) is 9.45. The predicted octanol–water partition coefficient (Wildman–Crippen LogP) is 4.23. The number of amides is 1. The van der Waals surface area contributed by atoms with Gasteiger partial charge in [0, 0.05) is 23.9 Å². The van der Waals surface area contributed by atoms with Crippen molar-refractivity contribution in [1.82, 2.24) is 19.4 Å². The van der Waals surface area contributed by atoms with Crippen LogP contribution in [0.25, 0.3) is 28.0 Å². The molecule has 0 fully saturated rings. The first-order valence-corrected chi connectivity index (χ1v) is 11.5. The van der Waals surface area contributed by atoms with E-state index >= 15 is 0 Å². The number of carbonyl (C=O) groups excluding carboxylic acids is 1. The van der Waals surface area contributed by atoms with E-state index in [1.54, 1.807) is 22.8 Å². The summed E-state index contributed by atoms with van der Waals surface area (Å²) in [5.41, 5.74) is 9.21. The number of aromatic nitrogens is 4. The molecule has 0 aliphatic heterocycles. The van der Waals surface area contributed by atoms with Crippen molar-refractivity contribution in [3.63, 3.8) is 0 Å². The number of nitrogens with two attached hydrogens (primary N) is 1. The van der Waals surface area contributed by atoms with Crippen molar-refractivity contribution in [2.24, 2.45) is 5.73 Å². The van der Waals surface area contributed by atoms with Crippen molar-refractivity contribution in [1.29, 1.82) is 0 Å². The van der Waals surface area contributed by atoms with E-state index < -0.39 is 12.0 Å². The lowest BCUT2D eigenvalue weighted by atomic mass is 10.0. The molecule has 8 heteroatoms. The SMILES string of the molecule is CCCCC(Oc1ccn2nc(-c3ccccc3)c(-c3ccc(=O)n(C(C)C)n3)c2c1)C(N)=O. The monoisotopic (exact) mass is 459 g/mol. The third-order valence-corrected chi connectivity index (χ3v) is 5.64. The number of carbonyl (C=O) groups is 1. The smallest absolute Gasteiger partial charge is 0.267 e. The average molecular weight is 460 g/mol. The van der Waals surface area contributed by atoms with E-state index in [1.165, 1.54) is 10.7 Å². The molecule has 4 rings (SSSR count). The van der Waals surface area contributed by atoms with Gasteiger partial charge in [-0.2, -0.15) is 10.2 Å². The largest absolute Gasteiger partial charge is 0.480 e. The van der Waals surface area contributed by atoms with Crippen LogP contribution in [0.2, 0.25) is 0 Å². The summed E-state index contributed by atoms with van der Waals surface area (Å²) in [4.78, 5) is 24.3. The van der Waals surface area contributed by atoms with Gasteiger partial charge in [0.2, 0.25) is 0 Å². The second-order valence-electron chi connectivity index (χ2n) is 8.53. The zero-order valence-corrected chi connectivity index (χ0v) is 19.6. The normalized spacial score (nSPS) is 12.2. The van der Waals surface area contributed by atoms with Crippen LogP contribution in [0.15, 0.2) is 65.6 Å². The Balaban J connectivity index is 1.89. The van der Waals surface area contributed by atoms with Crippen LogP contribution in [0.5, 0.6) is 5.75 Å². The number of unbranched alkanes of at least 4 members (excludes halogenated alkanes) is 1. The molecule has 3 heterocycles. The van der Waals surface area contributed by atoms with Gasteiger partial charge in [0.25, 0.3) is 11.5 Å². The summed E-state index contributed by atoms with van der Waals surface area (Å²) in [6, 6.07) is 16.6. The van der Waals surface area contributed by atoms with Crippen molar-refractivity contribution < 1.29 is 9.53 Å². The molecule has 34 heavy (non-hydrogen) atoms. The molecule has 0 aliphatic rings. The molecule has 3 aromatic heterocycles. The van der Waals surface area contributed by atoms with Crippen LogP contribution in [0.1, 0.15) is 46.1 Å². The second-order valence-corrected chi connectivity index (χ2v) is 8.53. The fraction of sp³-hybridized carbons (Fsp3) is 0.308. The highest BCUT2D eigenvalue weighted by Crippen LogP contribution is 2.35. The van der Waals surface area contributed by atoms with Crippen LogP contribution < -0.4 is 16.0 Å². The number of nitrogens with zero attached hydrogens (tertiary/aromatic N) is 4. The molecule has 1 unspecified atom stereocenters. The number of benzene rings is 1. The van der Waals surface area contributed by atoms with Gasteiger partial charge in [-0.15, -0.1) is 0 Å². The number of primary amides is 1. The van der Waals surface area contributed by atoms with Crippen molar-refractivity contribution in [3.05, 3.63) is 71.1 Å². The molecule has 0 saturated heterocycles. The molecule has 176 valence electrons. The first kappa shape index (κ1) is 23.2. The first-order chi connectivity index (χ1) is 16.4. The Kier molecular flexibility index (Phi) is 6.77. The number of hydrogen-bond donors (Lipinski definition) is 1. The van der Waals surface area contributed by atoms with Crippen molar-refractivity contribution in [2.75, 3.05) is 0 Å². The lowest BCUT2D eigenvalue weighted by molar-refractivity contribution is -0.125. The molecule has 8 nitrogen and oxygen atoms in total. The fourth-order valence-corrected chi connectivity index (χ4v) is 3.89. The molecular formula is C26H29N5O3. The van der Waals surface area contributed by atoms with Crippen LogP contribution in [0.4, 0.5) is 0 Å². The molecular weight excluding hydrogens is 430 g/mol. The number of pyridine rings is 1. The van der Waals surface area contributed by atoms with Crippen LogP contribution in [-0.4, -0.2) is 31.4 Å². The maximum Gasteiger partial charge on any atom is 0.267 e. The lowest BCUT2D eigenvalue weighted by Crippen LogP contribution is -2.33. The van der Waals surface area contributed by atoms with E-state index in [4.69, 9.17) is 15.6 Å². The van der Waals surface area contributed by atoms with E-state index in [1.807, 2.05) is 50.2 Å². The molecule has 0 aliphatic carbocycles. The third kappa shape index (κ3) is 4.71. The Morgan fingerprint density at radius 3 is 2.53 bits per heavy atom. The van der Waals surface area contributed by atoms with Crippen LogP contribution in [-0.2, 0) is 4.79 Å². The first-order valence-electron chi connectivity index (χ1n) is 11.5. The zero-order chi connectivity index (χ0) is 24.2. The van der Waals surface area contributed by atoms with Gasteiger partial charge in [-0.1, -0.05) is 43.7 Å². The van der Waals surface area contributed by atoms with Crippen molar-refractivity contribution >= 4 is 11.4 Å². The van der Waals surface area contributed by atoms with Crippen molar-refractivity contribution in [3.8, 4) is 28.3 Å². The minimum absolute atomic E-state index is 0.0942. The van der Waals surface area contributed by atoms with E-state index in [0.717, 1.165) is 35.2 Å². The predicted molar refractivity (Wildman–Crippen MR) is 132 cm³/mol. The van der Waals surface area contributed by atoms with E-state index in [9.17, 15) is 9.59 Å². The van der Waals surface area contributed by atoms with Gasteiger partial charge >= 0.3 is 0 Å². The summed E-state index contributed by atoms with van der Waals surface area (Å²) in [5.74, 6) is 0.0306. The Morgan fingerprint density at radius 2 is 1.85 bits per heavy atom. The quantitative estimate of drug-likeness (QED) is 0.403. The minimum atomic E-state index is -0.705. The van der Waals surface area contributed by atoms with E-state index in [2.05, 4.69) is 12.0 Å². The van der Waals surface area contributed by atoms with Gasteiger partial charge in [0.05, 0.1) is 22.8 Å². The lowest BCUT2D eigenvalue weighted by Gasteiger charge is -2.16. The zero-order valence-electron chi connectivity index (χ0n) is 19.6. The van der Waals surface area contributed by atoms with Gasteiger partial charge in [0.15, 0.2) is 6.10 Å². The number of fused-ring (bicyclic) bond motifs is 1. The molecule has 2 N–H and O–H groups in total. The maximum absolute atomic E-state index is 12.3. The summed E-state index contributed by atoms with van der Waals surface area (Å²) < 4.78 is 9.19. The Labute approximate surface area is 198 Å². The summed E-state index contributed by atoms with van der Waals surface area (Å²) in [7, 11) is 0. The highest BCUT2D eigenvalue weighted by molar-refractivity contribution is 5.91. The highest BCUT2D eigenvalue weighted by Gasteiger charge is 2.21. The second kappa shape index (κ2) is 9.91. The van der Waals surface area contributed by atoms with Crippen LogP contribution in [0, 0.1) is 0 Å². The number of hydrogen-bond acceptors (Lipinski definition) is 5. The molecule has 0 spiro atoms. The van der Waals surface area contributed by atoms with Gasteiger partial charge in [-0.05, 0) is 38.8 Å². The maximum atomic E-state index is 12.3. The standard InChI is InChI=1S/C26H29N5O3/c1-4-5-11-22(26(27)33)34-19-14-15-30-21(16-19)24(25(29-30)18-9-7-6-8-10-18)20-12-13-23(32)31(28-20)17(2)3/h6-10,12-17,22H,4-5,11H2,1-3H3,(H2,27,33). The highest BCUT2D eigenvalue weighted by atomic mass is 16.5. The molecule has 0 radical (unpaired) electrons. The fourth-order valence-electron chi connectivity index (χ4n) is 3.89. The van der Waals surface area contributed by atoms with E-state index in [0.29, 0.717) is 17.9 Å². The topological polar surface area (TPSA) is 105 Å². The summed E-state index contributed by atoms with van der Waals surface area (Å²) in [6.07, 6.45) is 3.42. The molecule has 4 aromatic rings. The van der Waals surface area contributed by atoms with Crippen LogP contribution in [0.3, 0.4) is 0 Å². The van der Waals surface area contributed by atoms with Gasteiger partial charge in [-0.3, -0.25) is 9.59 Å². The number of rotatable bonds is 9. The van der Waals surface area contributed by atoms with Gasteiger partial charge in [-0.25, -0.2) is 9.20 Å². The summed E-state index contributed by atoms with van der Waals surface area (Å²) in [6.45, 7) is 5.88. The average Bonchev–Trinajstić information content (AvgIpc) is 3.21. The third-order valence-electron chi connectivity index (χ3n) is 5.64. The molecule has 0 bridgehead atoms. The molecule has 1 amide bonds. The molecule has 1 aromatic carbocycles. The summed E-state index contributed by atoms with van der Waals surface area (Å²) >= 11 is 0.